The Labute approximate surface area is 445 Å². The Morgan fingerprint density at radius 3 is 1.61 bits per heavy atom. The van der Waals surface area contributed by atoms with Crippen molar-refractivity contribution in [3.63, 3.8) is 0 Å². The van der Waals surface area contributed by atoms with Gasteiger partial charge in [0.1, 0.15) is 48.3 Å². The van der Waals surface area contributed by atoms with Crippen LogP contribution in [0, 0.1) is 17.8 Å². The van der Waals surface area contributed by atoms with Gasteiger partial charge in [-0.25, -0.2) is 0 Å². The fourth-order valence-corrected chi connectivity index (χ4v) is 10.3. The number of hydrogen-bond acceptors (Lipinski definition) is 9. The van der Waals surface area contributed by atoms with Gasteiger partial charge in [0.15, 0.2) is 0 Å². The summed E-state index contributed by atoms with van der Waals surface area (Å²) in [6, 6.07) is 16.5. The normalized spacial score (nSPS) is 24.6. The second-order valence-corrected chi connectivity index (χ2v) is 21.9. The second-order valence-electron chi connectivity index (χ2n) is 20.9. The van der Waals surface area contributed by atoms with E-state index in [9.17, 15) is 38.4 Å². The molecule has 0 spiro atoms. The van der Waals surface area contributed by atoms with Crippen LogP contribution in [0.3, 0.4) is 0 Å². The molecule has 2 aliphatic heterocycles. The molecule has 75 heavy (non-hydrogen) atoms. The fraction of sp³-hybridized carbons (Fsp3) is 0.509. The molecular formula is C57H77N9O8S. The molecule has 17 nitrogen and oxygen atoms in total. The first-order chi connectivity index (χ1) is 36.0. The van der Waals surface area contributed by atoms with Crippen molar-refractivity contribution in [1.82, 2.24) is 47.1 Å². The predicted molar refractivity (Wildman–Crippen MR) is 292 cm³/mol. The van der Waals surface area contributed by atoms with Crippen LogP contribution in [0.2, 0.25) is 0 Å². The lowest BCUT2D eigenvalue weighted by atomic mass is 9.96. The molecule has 1 aromatic heterocycles. The zero-order chi connectivity index (χ0) is 54.2. The monoisotopic (exact) mass is 1050 g/mol. The van der Waals surface area contributed by atoms with E-state index in [4.69, 9.17) is 0 Å². The number of carbonyl (C=O) groups is 8. The number of amides is 8. The maximum absolute atomic E-state index is 15.0. The van der Waals surface area contributed by atoms with Crippen molar-refractivity contribution < 1.29 is 38.4 Å². The van der Waals surface area contributed by atoms with Crippen molar-refractivity contribution in [1.29, 1.82) is 0 Å². The van der Waals surface area contributed by atoms with Gasteiger partial charge in [0.2, 0.25) is 47.3 Å². The van der Waals surface area contributed by atoms with Gasteiger partial charge in [0, 0.05) is 42.9 Å². The Hall–Kier alpha value is -6.69. The van der Waals surface area contributed by atoms with Crippen LogP contribution in [0.4, 0.5) is 0 Å². The molecule has 9 atom stereocenters. The first-order valence-corrected chi connectivity index (χ1v) is 27.9. The molecule has 0 aliphatic carbocycles. The maximum Gasteiger partial charge on any atom is 0.245 e. The standard InChI is InChI=1S/C57H77N9O8S/c1-8-36(6)49-56(73)59-42(25-27-75-7)50(67)60-43(28-34(2)3)51(68)64-47(29-35(4)5)57(74)66-26-17-24-48(66)55(72)63-45(31-38-20-13-10-14-21-38)53(70)61-44(30-37-18-11-9-12-19-37)52(69)62-46(54(71)65-49)32-39-33-58-41-23-16-15-22-40(39)41/h9-16,18-23,33-36,42-49,58H,8,17,24-32H2,1-7H3,(H,59,73)(H,60,67)(H,61,70)(H,62,69)(H,63,72)(H,64,68)(H,65,71)/t36-,42-,43-,44-,45-,46-,47-,48-,49-/m0/s1. The number of hydrogen-bond donors (Lipinski definition) is 8. The third-order valence-corrected chi connectivity index (χ3v) is 14.7. The highest BCUT2D eigenvalue weighted by Crippen LogP contribution is 2.23. The topological polar surface area (TPSA) is 240 Å². The summed E-state index contributed by atoms with van der Waals surface area (Å²) in [5, 5.41) is 21.3. The number of thioether (sulfide) groups is 1. The molecule has 2 saturated heterocycles. The molecule has 0 bridgehead atoms. The molecule has 3 heterocycles. The summed E-state index contributed by atoms with van der Waals surface area (Å²) >= 11 is 1.47. The van der Waals surface area contributed by atoms with Crippen molar-refractivity contribution in [2.75, 3.05) is 18.6 Å². The maximum atomic E-state index is 15.0. The van der Waals surface area contributed by atoms with E-state index in [0.717, 1.165) is 16.5 Å². The van der Waals surface area contributed by atoms with Crippen LogP contribution >= 0.6 is 11.8 Å². The number of carbonyl (C=O) groups excluding carboxylic acids is 8. The molecule has 8 amide bonds. The first-order valence-electron chi connectivity index (χ1n) is 26.5. The third kappa shape index (κ3) is 16.2. The van der Waals surface area contributed by atoms with Crippen LogP contribution in [0.15, 0.2) is 91.1 Å². The number of nitrogens with zero attached hydrogens (tertiary/aromatic N) is 1. The number of aromatic amines is 1. The zero-order valence-electron chi connectivity index (χ0n) is 44.4. The number of rotatable bonds is 15. The van der Waals surface area contributed by atoms with Gasteiger partial charge in [-0.15, -0.1) is 0 Å². The summed E-state index contributed by atoms with van der Waals surface area (Å²) in [5.74, 6) is -4.99. The van der Waals surface area contributed by atoms with Gasteiger partial charge in [-0.05, 0) is 84.6 Å². The minimum absolute atomic E-state index is 0.00906. The molecule has 6 rings (SSSR count). The van der Waals surface area contributed by atoms with Gasteiger partial charge in [-0.2, -0.15) is 11.8 Å². The van der Waals surface area contributed by atoms with Crippen molar-refractivity contribution >= 4 is 69.9 Å². The molecule has 8 N–H and O–H groups in total. The smallest absolute Gasteiger partial charge is 0.245 e. The Bertz CT molecular complexity index is 2590. The summed E-state index contributed by atoms with van der Waals surface area (Å²) in [4.78, 5) is 122. The minimum atomic E-state index is -1.28. The van der Waals surface area contributed by atoms with Crippen molar-refractivity contribution in [2.24, 2.45) is 17.8 Å². The van der Waals surface area contributed by atoms with Gasteiger partial charge >= 0.3 is 0 Å². The summed E-state index contributed by atoms with van der Waals surface area (Å²) in [5.41, 5.74) is 2.95. The van der Waals surface area contributed by atoms with Gasteiger partial charge in [-0.1, -0.05) is 127 Å². The van der Waals surface area contributed by atoms with E-state index in [2.05, 4.69) is 42.2 Å². The van der Waals surface area contributed by atoms with E-state index in [-0.39, 0.29) is 56.9 Å². The van der Waals surface area contributed by atoms with Crippen LogP contribution in [-0.4, -0.2) is 124 Å². The molecular weight excluding hydrogens is 971 g/mol. The van der Waals surface area contributed by atoms with E-state index in [0.29, 0.717) is 36.1 Å². The van der Waals surface area contributed by atoms with E-state index in [1.54, 1.807) is 6.20 Å². The minimum Gasteiger partial charge on any atom is -0.361 e. The molecule has 2 fully saturated rings. The third-order valence-electron chi connectivity index (χ3n) is 14.1. The molecule has 4 aromatic rings. The lowest BCUT2D eigenvalue weighted by molar-refractivity contribution is -0.143. The lowest BCUT2D eigenvalue weighted by Crippen LogP contribution is -2.62. The van der Waals surface area contributed by atoms with Gasteiger partial charge in [0.05, 0.1) is 0 Å². The van der Waals surface area contributed by atoms with E-state index in [1.165, 1.54) is 16.7 Å². The Balaban J connectivity index is 1.45. The SMILES string of the molecule is CC[C@H](C)[C@@H]1NC(=O)[C@H](Cc2c[nH]c3ccccc23)NC(=O)[C@H](Cc2ccccc2)NC(=O)[C@H](Cc2ccccc2)NC(=O)[C@@H]2CCCN2C(=O)[C@H](CC(C)C)NC(=O)[C@H](CC(C)C)NC(=O)[C@H](CCSC)NC1=O. The number of H-pyrrole nitrogens is 1. The molecule has 3 aromatic carbocycles. The summed E-state index contributed by atoms with van der Waals surface area (Å²) in [6.45, 7) is 11.6. The van der Waals surface area contributed by atoms with Crippen molar-refractivity contribution in [3.8, 4) is 0 Å². The zero-order valence-corrected chi connectivity index (χ0v) is 45.2. The average Bonchev–Trinajstić information content (AvgIpc) is 4.05. The summed E-state index contributed by atoms with van der Waals surface area (Å²) in [7, 11) is 0. The first kappa shape index (κ1) is 57.6. The van der Waals surface area contributed by atoms with Gasteiger partial charge in [0.25, 0.3) is 0 Å². The van der Waals surface area contributed by atoms with Crippen LogP contribution in [0.25, 0.3) is 10.9 Å². The summed E-state index contributed by atoms with van der Waals surface area (Å²) < 4.78 is 0. The predicted octanol–water partition coefficient (Wildman–Crippen LogP) is 4.49. The van der Waals surface area contributed by atoms with E-state index < -0.39 is 102 Å². The quantitative estimate of drug-likeness (QED) is 0.0837. The number of fused-ring (bicyclic) bond motifs is 2. The van der Waals surface area contributed by atoms with Crippen LogP contribution < -0.4 is 37.2 Å². The molecule has 0 saturated carbocycles. The van der Waals surface area contributed by atoms with Gasteiger partial charge < -0.3 is 47.1 Å². The van der Waals surface area contributed by atoms with E-state index >= 15 is 0 Å². The summed E-state index contributed by atoms with van der Waals surface area (Å²) in [6.07, 6.45) is 5.56. The molecule has 0 unspecified atom stereocenters. The highest BCUT2D eigenvalue weighted by atomic mass is 32.2. The number of benzene rings is 3. The van der Waals surface area contributed by atoms with Gasteiger partial charge in [-0.3, -0.25) is 38.4 Å². The van der Waals surface area contributed by atoms with Crippen LogP contribution in [0.5, 0.6) is 0 Å². The lowest BCUT2D eigenvalue weighted by Gasteiger charge is -2.32. The van der Waals surface area contributed by atoms with Crippen molar-refractivity contribution in [2.45, 2.75) is 148 Å². The second kappa shape index (κ2) is 27.7. The van der Waals surface area contributed by atoms with E-state index in [1.807, 2.05) is 133 Å². The molecule has 2 aliphatic rings. The van der Waals surface area contributed by atoms with Crippen molar-refractivity contribution in [3.05, 3.63) is 108 Å². The average molecular weight is 1050 g/mol. The highest BCUT2D eigenvalue weighted by Gasteiger charge is 2.41. The Kier molecular flexibility index (Phi) is 21.3. The molecule has 0 radical (unpaired) electrons. The van der Waals surface area contributed by atoms with Crippen LogP contribution in [0.1, 0.15) is 96.8 Å². The number of aromatic nitrogens is 1. The molecule has 18 heteroatoms. The largest absolute Gasteiger partial charge is 0.361 e. The highest BCUT2D eigenvalue weighted by molar-refractivity contribution is 7.98. The molecule has 404 valence electrons. The Morgan fingerprint density at radius 2 is 1.03 bits per heavy atom. The number of nitrogens with one attached hydrogen (secondary N) is 8. The number of para-hydroxylation sites is 1. The fourth-order valence-electron chi connectivity index (χ4n) is 9.83. The van der Waals surface area contributed by atoms with Crippen LogP contribution in [-0.2, 0) is 57.6 Å². The Morgan fingerprint density at radius 1 is 0.547 bits per heavy atom.